The standard InChI is InChI=1S/C13H13ClN2O5/c14-11-4-3-9(16(20)21)6-10(11)13(19)15-5-1-2-8(15)7-12(17)18/h3-4,6,8H,1-2,5,7H2,(H,17,18). The molecule has 7 nitrogen and oxygen atoms in total. The molecule has 112 valence electrons. The number of amides is 1. The SMILES string of the molecule is O=C(O)CC1CCCN1C(=O)c1cc([N+](=O)[O-])ccc1Cl. The van der Waals surface area contributed by atoms with Crippen LogP contribution >= 0.6 is 11.6 Å². The largest absolute Gasteiger partial charge is 0.481 e. The molecule has 1 fully saturated rings. The van der Waals surface area contributed by atoms with Gasteiger partial charge in [0.05, 0.1) is 21.9 Å². The summed E-state index contributed by atoms with van der Waals surface area (Å²) in [6.45, 7) is 0.426. The lowest BCUT2D eigenvalue weighted by molar-refractivity contribution is -0.384. The second-order valence-electron chi connectivity index (χ2n) is 4.81. The van der Waals surface area contributed by atoms with Crippen LogP contribution in [0.1, 0.15) is 29.6 Å². The summed E-state index contributed by atoms with van der Waals surface area (Å²) in [4.78, 5) is 34.9. The number of non-ortho nitro benzene ring substituents is 1. The molecular formula is C13H13ClN2O5. The lowest BCUT2D eigenvalue weighted by Gasteiger charge is -2.23. The molecule has 1 aliphatic heterocycles. The molecule has 1 atom stereocenters. The number of likely N-dealkylation sites (tertiary alicyclic amines) is 1. The molecule has 0 saturated carbocycles. The molecule has 1 amide bonds. The van der Waals surface area contributed by atoms with Crippen LogP contribution in [-0.2, 0) is 4.79 Å². The molecule has 1 aromatic rings. The number of hydrogen-bond donors (Lipinski definition) is 1. The first kappa shape index (κ1) is 15.2. The number of rotatable bonds is 4. The van der Waals surface area contributed by atoms with Gasteiger partial charge < -0.3 is 10.0 Å². The summed E-state index contributed by atoms with van der Waals surface area (Å²) in [5.74, 6) is -1.45. The Morgan fingerprint density at radius 1 is 1.48 bits per heavy atom. The van der Waals surface area contributed by atoms with E-state index in [2.05, 4.69) is 0 Å². The second-order valence-corrected chi connectivity index (χ2v) is 5.22. The van der Waals surface area contributed by atoms with Crippen molar-refractivity contribution < 1.29 is 19.6 Å². The number of nitro groups is 1. The lowest BCUT2D eigenvalue weighted by Crippen LogP contribution is -2.37. The first-order chi connectivity index (χ1) is 9.90. The molecule has 1 aromatic carbocycles. The maximum absolute atomic E-state index is 12.5. The van der Waals surface area contributed by atoms with Gasteiger partial charge in [0.15, 0.2) is 0 Å². The van der Waals surface area contributed by atoms with Crippen molar-refractivity contribution in [2.75, 3.05) is 6.54 Å². The van der Waals surface area contributed by atoms with Gasteiger partial charge in [0.2, 0.25) is 0 Å². The van der Waals surface area contributed by atoms with Crippen LogP contribution < -0.4 is 0 Å². The van der Waals surface area contributed by atoms with E-state index in [1.165, 1.54) is 17.0 Å². The number of benzene rings is 1. The van der Waals surface area contributed by atoms with Gasteiger partial charge in [-0.2, -0.15) is 0 Å². The minimum absolute atomic E-state index is 0.0307. The van der Waals surface area contributed by atoms with E-state index < -0.39 is 22.8 Å². The number of carbonyl (C=O) groups is 2. The average molecular weight is 313 g/mol. The summed E-state index contributed by atoms with van der Waals surface area (Å²) < 4.78 is 0. The fourth-order valence-corrected chi connectivity index (χ4v) is 2.66. The number of carbonyl (C=O) groups excluding carboxylic acids is 1. The van der Waals surface area contributed by atoms with Crippen LogP contribution in [0.5, 0.6) is 0 Å². The first-order valence-corrected chi connectivity index (χ1v) is 6.74. The maximum Gasteiger partial charge on any atom is 0.305 e. The molecule has 0 bridgehead atoms. The van der Waals surface area contributed by atoms with Gasteiger partial charge in [-0.3, -0.25) is 19.7 Å². The minimum atomic E-state index is -0.982. The fraction of sp³-hybridized carbons (Fsp3) is 0.385. The van der Waals surface area contributed by atoms with E-state index in [0.29, 0.717) is 19.4 Å². The summed E-state index contributed by atoms with van der Waals surface area (Å²) in [7, 11) is 0. The van der Waals surface area contributed by atoms with Gasteiger partial charge >= 0.3 is 5.97 Å². The highest BCUT2D eigenvalue weighted by molar-refractivity contribution is 6.34. The van der Waals surface area contributed by atoms with Crippen molar-refractivity contribution in [1.29, 1.82) is 0 Å². The van der Waals surface area contributed by atoms with Crippen LogP contribution in [0.2, 0.25) is 5.02 Å². The van der Waals surface area contributed by atoms with Crippen molar-refractivity contribution >= 4 is 29.2 Å². The van der Waals surface area contributed by atoms with E-state index in [4.69, 9.17) is 16.7 Å². The number of nitrogens with zero attached hydrogens (tertiary/aromatic N) is 2. The number of aliphatic carboxylic acids is 1. The Labute approximate surface area is 125 Å². The molecule has 1 N–H and O–H groups in total. The Hall–Kier alpha value is -2.15. The number of hydrogen-bond acceptors (Lipinski definition) is 4. The Morgan fingerprint density at radius 3 is 2.81 bits per heavy atom. The van der Waals surface area contributed by atoms with Crippen LogP contribution in [0, 0.1) is 10.1 Å². The number of carboxylic acid groups (broad SMARTS) is 1. The third kappa shape index (κ3) is 3.30. The maximum atomic E-state index is 12.5. The summed E-state index contributed by atoms with van der Waals surface area (Å²) >= 11 is 5.94. The molecule has 1 heterocycles. The zero-order chi connectivity index (χ0) is 15.6. The number of halogens is 1. The normalized spacial score (nSPS) is 17.8. The van der Waals surface area contributed by atoms with Crippen LogP contribution in [0.25, 0.3) is 0 Å². The molecule has 8 heteroatoms. The highest BCUT2D eigenvalue weighted by Crippen LogP contribution is 2.28. The van der Waals surface area contributed by atoms with E-state index in [-0.39, 0.29) is 22.7 Å². The van der Waals surface area contributed by atoms with Crippen molar-refractivity contribution in [3.63, 3.8) is 0 Å². The highest BCUT2D eigenvalue weighted by atomic mass is 35.5. The quantitative estimate of drug-likeness (QED) is 0.679. The minimum Gasteiger partial charge on any atom is -0.481 e. The zero-order valence-electron chi connectivity index (χ0n) is 11.0. The molecule has 0 spiro atoms. The summed E-state index contributed by atoms with van der Waals surface area (Å²) in [6.07, 6.45) is 1.17. The average Bonchev–Trinajstić information content (AvgIpc) is 2.85. The highest BCUT2D eigenvalue weighted by Gasteiger charge is 2.32. The Kier molecular flexibility index (Phi) is 4.42. The van der Waals surface area contributed by atoms with E-state index in [0.717, 1.165) is 6.07 Å². The number of carboxylic acids is 1. The summed E-state index contributed by atoms with van der Waals surface area (Å²) in [6, 6.07) is 3.25. The Morgan fingerprint density at radius 2 is 2.19 bits per heavy atom. The van der Waals surface area contributed by atoms with Crippen LogP contribution in [0.15, 0.2) is 18.2 Å². The first-order valence-electron chi connectivity index (χ1n) is 6.37. The zero-order valence-corrected chi connectivity index (χ0v) is 11.7. The summed E-state index contributed by atoms with van der Waals surface area (Å²) in [5.41, 5.74) is -0.195. The molecule has 0 radical (unpaired) electrons. The smallest absolute Gasteiger partial charge is 0.305 e. The third-order valence-corrected chi connectivity index (χ3v) is 3.77. The molecular weight excluding hydrogens is 300 g/mol. The van der Waals surface area contributed by atoms with E-state index in [1.807, 2.05) is 0 Å². The second kappa shape index (κ2) is 6.09. The van der Waals surface area contributed by atoms with Crippen molar-refractivity contribution in [3.05, 3.63) is 38.9 Å². The lowest BCUT2D eigenvalue weighted by atomic mass is 10.1. The molecule has 21 heavy (non-hydrogen) atoms. The topological polar surface area (TPSA) is 101 Å². The van der Waals surface area contributed by atoms with Gasteiger partial charge in [-0.25, -0.2) is 0 Å². The third-order valence-electron chi connectivity index (χ3n) is 3.44. The van der Waals surface area contributed by atoms with Gasteiger partial charge in [0.25, 0.3) is 11.6 Å². The van der Waals surface area contributed by atoms with E-state index in [9.17, 15) is 19.7 Å². The molecule has 2 rings (SSSR count). The van der Waals surface area contributed by atoms with Gasteiger partial charge in [-0.05, 0) is 18.9 Å². The predicted octanol–water partition coefficient (Wildman–Crippen LogP) is 2.33. The summed E-state index contributed by atoms with van der Waals surface area (Å²) in [5, 5.41) is 19.8. The van der Waals surface area contributed by atoms with Gasteiger partial charge in [0, 0.05) is 24.7 Å². The molecule has 0 aromatic heterocycles. The van der Waals surface area contributed by atoms with Gasteiger partial charge in [-0.15, -0.1) is 0 Å². The number of nitro benzene ring substituents is 1. The van der Waals surface area contributed by atoms with Crippen LogP contribution in [0.3, 0.4) is 0 Å². The van der Waals surface area contributed by atoms with Gasteiger partial charge in [0.1, 0.15) is 0 Å². The molecule has 1 aliphatic rings. The van der Waals surface area contributed by atoms with Crippen molar-refractivity contribution in [2.45, 2.75) is 25.3 Å². The van der Waals surface area contributed by atoms with Crippen LogP contribution in [-0.4, -0.2) is 39.4 Å². The Bertz CT molecular complexity index is 604. The molecule has 0 aliphatic carbocycles. The van der Waals surface area contributed by atoms with Gasteiger partial charge in [-0.1, -0.05) is 11.6 Å². The monoisotopic (exact) mass is 312 g/mol. The Balaban J connectivity index is 2.28. The van der Waals surface area contributed by atoms with E-state index in [1.54, 1.807) is 0 Å². The predicted molar refractivity (Wildman–Crippen MR) is 74.4 cm³/mol. The fourth-order valence-electron chi connectivity index (χ4n) is 2.46. The van der Waals surface area contributed by atoms with E-state index >= 15 is 0 Å². The van der Waals surface area contributed by atoms with Crippen molar-refractivity contribution in [2.24, 2.45) is 0 Å². The van der Waals surface area contributed by atoms with Crippen molar-refractivity contribution in [1.82, 2.24) is 4.90 Å². The molecule has 1 unspecified atom stereocenters. The molecule has 1 saturated heterocycles. The van der Waals surface area contributed by atoms with Crippen LogP contribution in [0.4, 0.5) is 5.69 Å². The van der Waals surface area contributed by atoms with Crippen molar-refractivity contribution in [3.8, 4) is 0 Å².